The monoisotopic (exact) mass is 297 g/mol. The normalized spacial score (nSPS) is 37.7. The number of carbonyl (C=O) groups excluding carboxylic acids is 1. The zero-order chi connectivity index (χ0) is 15.1. The highest BCUT2D eigenvalue weighted by Crippen LogP contribution is 2.61. The summed E-state index contributed by atoms with van der Waals surface area (Å²) in [6.07, 6.45) is 5.50. The van der Waals surface area contributed by atoms with Gasteiger partial charge in [-0.3, -0.25) is 4.79 Å². The van der Waals surface area contributed by atoms with Crippen LogP contribution in [-0.2, 0) is 16.6 Å². The lowest BCUT2D eigenvalue weighted by Crippen LogP contribution is -2.64. The third kappa shape index (κ3) is 1.23. The quantitative estimate of drug-likeness (QED) is 0.791. The molecule has 2 bridgehead atoms. The Labute approximate surface area is 129 Å². The molecule has 4 aliphatic rings. The summed E-state index contributed by atoms with van der Waals surface area (Å²) in [5, 5.41) is 0. The second-order valence-electron chi connectivity index (χ2n) is 6.96. The van der Waals surface area contributed by atoms with Crippen molar-refractivity contribution in [3.63, 3.8) is 0 Å². The summed E-state index contributed by atoms with van der Waals surface area (Å²) in [5.41, 5.74) is 2.40. The average Bonchev–Trinajstić information content (AvgIpc) is 2.88. The minimum atomic E-state index is -0.371. The van der Waals surface area contributed by atoms with Crippen molar-refractivity contribution in [2.45, 2.75) is 30.4 Å². The summed E-state index contributed by atoms with van der Waals surface area (Å²) in [6.45, 7) is 1.01. The van der Waals surface area contributed by atoms with Gasteiger partial charge in [0.2, 0.25) is 0 Å². The Kier molecular flexibility index (Phi) is 2.27. The molecule has 2 aliphatic carbocycles. The van der Waals surface area contributed by atoms with Gasteiger partial charge in [-0.15, -0.1) is 0 Å². The molecule has 5 rings (SSSR count). The van der Waals surface area contributed by atoms with Crippen LogP contribution in [-0.4, -0.2) is 43.5 Å². The Hall–Kier alpha value is -1.81. The van der Waals surface area contributed by atoms with E-state index in [2.05, 4.69) is 24.1 Å². The van der Waals surface area contributed by atoms with Crippen molar-refractivity contribution in [1.82, 2.24) is 4.90 Å². The van der Waals surface area contributed by atoms with E-state index in [1.807, 2.05) is 6.07 Å². The van der Waals surface area contributed by atoms with Crippen LogP contribution in [0.5, 0.6) is 11.5 Å². The molecular weight excluding hydrogens is 278 g/mol. The SMILES string of the molecule is COc1ccc2c3c1O[C@H]1C(=O)C=C[C@H]4C(C2)N(C)CC[C@]314. The molecule has 2 aliphatic heterocycles. The molecule has 0 aromatic heterocycles. The van der Waals surface area contributed by atoms with Crippen LogP contribution in [0.25, 0.3) is 0 Å². The highest BCUT2D eigenvalue weighted by molar-refractivity contribution is 5.98. The maximum atomic E-state index is 12.5. The molecule has 1 saturated heterocycles. The Morgan fingerprint density at radius 1 is 1.41 bits per heavy atom. The standard InChI is InChI=1S/C18H19NO3/c1-19-8-7-18-11-4-5-13(20)17(18)22-16-14(21-2)6-3-10(15(16)18)9-12(11)19/h3-6,11-12,17H,7-9H2,1-2H3/t11-,12?,17-,18-/m0/s1. The van der Waals surface area contributed by atoms with E-state index in [1.165, 1.54) is 11.1 Å². The minimum absolute atomic E-state index is 0.102. The van der Waals surface area contributed by atoms with Crippen LogP contribution in [0.4, 0.5) is 0 Å². The van der Waals surface area contributed by atoms with E-state index < -0.39 is 0 Å². The van der Waals surface area contributed by atoms with Gasteiger partial charge in [0.15, 0.2) is 23.4 Å². The van der Waals surface area contributed by atoms with Gasteiger partial charge in [-0.05, 0) is 44.1 Å². The van der Waals surface area contributed by atoms with Gasteiger partial charge in [0.05, 0.1) is 12.5 Å². The van der Waals surface area contributed by atoms with E-state index in [4.69, 9.17) is 9.47 Å². The third-order valence-corrected chi connectivity index (χ3v) is 6.21. The molecule has 4 nitrogen and oxygen atoms in total. The van der Waals surface area contributed by atoms with Crippen LogP contribution in [0.2, 0.25) is 0 Å². The average molecular weight is 297 g/mol. The van der Waals surface area contributed by atoms with Crippen LogP contribution in [0, 0.1) is 5.92 Å². The summed E-state index contributed by atoms with van der Waals surface area (Å²) >= 11 is 0. The third-order valence-electron chi connectivity index (χ3n) is 6.21. The fourth-order valence-electron chi connectivity index (χ4n) is 5.23. The highest BCUT2D eigenvalue weighted by Gasteiger charge is 2.64. The summed E-state index contributed by atoms with van der Waals surface area (Å²) in [4.78, 5) is 15.0. The first-order valence-electron chi connectivity index (χ1n) is 7.96. The molecule has 0 N–H and O–H groups in total. The van der Waals surface area contributed by atoms with Crippen LogP contribution in [0.3, 0.4) is 0 Å². The summed E-state index contributed by atoms with van der Waals surface area (Å²) < 4.78 is 11.7. The van der Waals surface area contributed by atoms with E-state index in [1.54, 1.807) is 13.2 Å². The van der Waals surface area contributed by atoms with Crippen molar-refractivity contribution in [2.24, 2.45) is 5.92 Å². The fraction of sp³-hybridized carbons (Fsp3) is 0.500. The number of hydrogen-bond donors (Lipinski definition) is 0. The molecule has 0 saturated carbocycles. The lowest BCUT2D eigenvalue weighted by molar-refractivity contribution is -0.127. The summed E-state index contributed by atoms with van der Waals surface area (Å²) in [7, 11) is 3.86. The predicted molar refractivity (Wildman–Crippen MR) is 81.5 cm³/mol. The smallest absolute Gasteiger partial charge is 0.196 e. The molecule has 1 aromatic carbocycles. The van der Waals surface area contributed by atoms with Gasteiger partial charge in [0.25, 0.3) is 0 Å². The van der Waals surface area contributed by atoms with Crippen LogP contribution >= 0.6 is 0 Å². The first-order valence-corrected chi connectivity index (χ1v) is 7.96. The molecule has 1 aromatic rings. The molecular formula is C18H19NO3. The molecule has 0 amide bonds. The molecule has 1 unspecified atom stereocenters. The van der Waals surface area contributed by atoms with Gasteiger partial charge in [-0.2, -0.15) is 0 Å². The van der Waals surface area contributed by atoms with E-state index in [9.17, 15) is 4.79 Å². The summed E-state index contributed by atoms with van der Waals surface area (Å²) in [6, 6.07) is 4.60. The molecule has 4 atom stereocenters. The van der Waals surface area contributed by atoms with Crippen LogP contribution in [0.15, 0.2) is 24.3 Å². The van der Waals surface area contributed by atoms with Gasteiger partial charge in [0, 0.05) is 17.5 Å². The molecule has 22 heavy (non-hydrogen) atoms. The van der Waals surface area contributed by atoms with Crippen molar-refractivity contribution in [3.8, 4) is 11.5 Å². The Morgan fingerprint density at radius 3 is 3.09 bits per heavy atom. The summed E-state index contributed by atoms with van der Waals surface area (Å²) in [5.74, 6) is 2.03. The number of ether oxygens (including phenoxy) is 2. The van der Waals surface area contributed by atoms with Crippen molar-refractivity contribution >= 4 is 5.78 Å². The molecule has 1 fully saturated rings. The lowest BCUT2D eigenvalue weighted by atomic mass is 9.53. The number of piperidine rings is 1. The predicted octanol–water partition coefficient (Wildman–Crippen LogP) is 1.71. The molecule has 4 heteroatoms. The van der Waals surface area contributed by atoms with Crippen molar-refractivity contribution < 1.29 is 14.3 Å². The Balaban J connectivity index is 1.84. The van der Waals surface area contributed by atoms with E-state index in [0.29, 0.717) is 12.0 Å². The van der Waals surface area contributed by atoms with Crippen molar-refractivity contribution in [2.75, 3.05) is 20.7 Å². The highest BCUT2D eigenvalue weighted by atomic mass is 16.5. The molecule has 1 spiro atoms. The van der Waals surface area contributed by atoms with Crippen molar-refractivity contribution in [1.29, 1.82) is 0 Å². The maximum absolute atomic E-state index is 12.5. The van der Waals surface area contributed by atoms with Gasteiger partial charge in [0.1, 0.15) is 0 Å². The topological polar surface area (TPSA) is 38.8 Å². The van der Waals surface area contributed by atoms with Gasteiger partial charge in [-0.1, -0.05) is 12.1 Å². The van der Waals surface area contributed by atoms with Gasteiger partial charge >= 0.3 is 0 Å². The number of likely N-dealkylation sites (tertiary alicyclic amines) is 1. The largest absolute Gasteiger partial charge is 0.493 e. The lowest BCUT2D eigenvalue weighted by Gasteiger charge is -2.55. The number of rotatable bonds is 1. The van der Waals surface area contributed by atoms with E-state index in [-0.39, 0.29) is 17.3 Å². The number of hydrogen-bond acceptors (Lipinski definition) is 4. The van der Waals surface area contributed by atoms with Gasteiger partial charge in [-0.25, -0.2) is 0 Å². The number of ketones is 1. The number of benzene rings is 1. The number of carbonyl (C=O) groups is 1. The van der Waals surface area contributed by atoms with Crippen LogP contribution in [0.1, 0.15) is 17.5 Å². The Morgan fingerprint density at radius 2 is 2.27 bits per heavy atom. The first kappa shape index (κ1) is 12.7. The minimum Gasteiger partial charge on any atom is -0.493 e. The zero-order valence-electron chi connectivity index (χ0n) is 12.8. The fourth-order valence-corrected chi connectivity index (χ4v) is 5.23. The molecule has 0 radical (unpaired) electrons. The maximum Gasteiger partial charge on any atom is 0.196 e. The first-order chi connectivity index (χ1) is 10.7. The number of methoxy groups -OCH3 is 1. The molecule has 114 valence electrons. The van der Waals surface area contributed by atoms with Crippen molar-refractivity contribution in [3.05, 3.63) is 35.4 Å². The van der Waals surface area contributed by atoms with E-state index >= 15 is 0 Å². The second-order valence-corrected chi connectivity index (χ2v) is 6.96. The Bertz CT molecular complexity index is 725. The number of nitrogens with zero attached hydrogens (tertiary/aromatic N) is 1. The van der Waals surface area contributed by atoms with Gasteiger partial charge < -0.3 is 14.4 Å². The van der Waals surface area contributed by atoms with Crippen LogP contribution < -0.4 is 9.47 Å². The second kappa shape index (κ2) is 3.93. The zero-order valence-corrected chi connectivity index (χ0v) is 12.8. The molecule has 2 heterocycles. The van der Waals surface area contributed by atoms with E-state index in [0.717, 1.165) is 30.9 Å². The number of likely N-dealkylation sites (N-methyl/N-ethyl adjacent to an activating group) is 1.